The van der Waals surface area contributed by atoms with Gasteiger partial charge < -0.3 is 19.9 Å². The third kappa shape index (κ3) is 8.91. The number of nitrogens with zero attached hydrogens (tertiary/aromatic N) is 5. The van der Waals surface area contributed by atoms with Crippen LogP contribution in [0.15, 0.2) is 29.3 Å². The fourth-order valence-electron chi connectivity index (χ4n) is 3.22. The zero-order valence-corrected chi connectivity index (χ0v) is 21.4. The smallest absolute Gasteiger partial charge is 0.191 e. The molecule has 1 fully saturated rings. The van der Waals surface area contributed by atoms with Crippen molar-refractivity contribution in [3.63, 3.8) is 0 Å². The molecular formula is C21H33ClIN7O. The van der Waals surface area contributed by atoms with Gasteiger partial charge >= 0.3 is 0 Å². The van der Waals surface area contributed by atoms with Gasteiger partial charge in [-0.15, -0.1) is 34.2 Å². The molecule has 1 aliphatic heterocycles. The lowest BCUT2D eigenvalue weighted by atomic mass is 10.1. The summed E-state index contributed by atoms with van der Waals surface area (Å²) in [5, 5.41) is 16.0. The predicted molar refractivity (Wildman–Crippen MR) is 135 cm³/mol. The lowest BCUT2D eigenvalue weighted by molar-refractivity contribution is 0.0376. The van der Waals surface area contributed by atoms with Gasteiger partial charge in [-0.3, -0.25) is 4.90 Å². The van der Waals surface area contributed by atoms with Gasteiger partial charge in [-0.2, -0.15) is 0 Å². The highest BCUT2D eigenvalue weighted by Gasteiger charge is 2.10. The van der Waals surface area contributed by atoms with Crippen molar-refractivity contribution in [1.29, 1.82) is 0 Å². The van der Waals surface area contributed by atoms with Crippen LogP contribution in [-0.4, -0.2) is 71.6 Å². The van der Waals surface area contributed by atoms with Crippen LogP contribution >= 0.6 is 35.6 Å². The number of morpholine rings is 1. The minimum absolute atomic E-state index is 0. The molecule has 1 saturated heterocycles. The van der Waals surface area contributed by atoms with E-state index in [1.165, 1.54) is 5.56 Å². The highest BCUT2D eigenvalue weighted by molar-refractivity contribution is 14.0. The third-order valence-corrected chi connectivity index (χ3v) is 5.48. The number of ether oxygens (including phenoxy) is 1. The van der Waals surface area contributed by atoms with Crippen molar-refractivity contribution in [2.75, 3.05) is 45.9 Å². The van der Waals surface area contributed by atoms with Crippen molar-refractivity contribution in [1.82, 2.24) is 30.3 Å². The van der Waals surface area contributed by atoms with Crippen LogP contribution < -0.4 is 10.6 Å². The summed E-state index contributed by atoms with van der Waals surface area (Å²) in [7, 11) is 1.96. The Morgan fingerprint density at radius 2 is 1.84 bits per heavy atom. The maximum Gasteiger partial charge on any atom is 0.191 e. The molecule has 172 valence electrons. The van der Waals surface area contributed by atoms with Crippen molar-refractivity contribution in [2.24, 2.45) is 12.0 Å². The molecule has 3 rings (SSSR count). The molecule has 2 N–H and O–H groups in total. The van der Waals surface area contributed by atoms with Crippen molar-refractivity contribution in [3.8, 4) is 0 Å². The fourth-order valence-corrected chi connectivity index (χ4v) is 3.35. The first-order valence-electron chi connectivity index (χ1n) is 10.5. The largest absolute Gasteiger partial charge is 0.379 e. The van der Waals surface area contributed by atoms with Gasteiger partial charge in [0.25, 0.3) is 0 Å². The molecule has 0 bridgehead atoms. The zero-order chi connectivity index (χ0) is 21.2. The maximum absolute atomic E-state index is 5.97. The Morgan fingerprint density at radius 1 is 1.13 bits per heavy atom. The van der Waals surface area contributed by atoms with Gasteiger partial charge in [0.1, 0.15) is 12.4 Å². The highest BCUT2D eigenvalue weighted by atomic mass is 127. The van der Waals surface area contributed by atoms with E-state index in [4.69, 9.17) is 21.3 Å². The van der Waals surface area contributed by atoms with Gasteiger partial charge in [0.15, 0.2) is 11.8 Å². The molecule has 1 aromatic heterocycles. The number of nitrogens with one attached hydrogen (secondary N) is 2. The monoisotopic (exact) mass is 561 g/mol. The number of aryl methyl sites for hydroxylation is 1. The SMILES string of the molecule is Cc1nnc(CN=C(NCCCN2CCOCC2)NCCc2ccc(Cl)cc2)n1C.I. The van der Waals surface area contributed by atoms with E-state index in [1.54, 1.807) is 0 Å². The Bertz CT molecular complexity index is 807. The summed E-state index contributed by atoms with van der Waals surface area (Å²) in [5.41, 5.74) is 1.24. The van der Waals surface area contributed by atoms with E-state index < -0.39 is 0 Å². The molecule has 1 aromatic carbocycles. The molecule has 0 unspecified atom stereocenters. The summed E-state index contributed by atoms with van der Waals surface area (Å²) in [4.78, 5) is 7.16. The Morgan fingerprint density at radius 3 is 2.52 bits per heavy atom. The Balaban J connectivity index is 0.00000341. The maximum atomic E-state index is 5.97. The van der Waals surface area contributed by atoms with Gasteiger partial charge in [-0.25, -0.2) is 4.99 Å². The van der Waals surface area contributed by atoms with E-state index in [9.17, 15) is 0 Å². The van der Waals surface area contributed by atoms with Gasteiger partial charge in [0.2, 0.25) is 0 Å². The van der Waals surface area contributed by atoms with Crippen molar-refractivity contribution in [2.45, 2.75) is 26.3 Å². The van der Waals surface area contributed by atoms with Crippen molar-refractivity contribution in [3.05, 3.63) is 46.5 Å². The minimum atomic E-state index is 0. The number of benzene rings is 1. The molecule has 31 heavy (non-hydrogen) atoms. The Hall–Kier alpha value is -1.43. The van der Waals surface area contributed by atoms with E-state index in [0.717, 1.165) is 81.4 Å². The van der Waals surface area contributed by atoms with Crippen LogP contribution in [0.2, 0.25) is 5.02 Å². The van der Waals surface area contributed by atoms with E-state index in [0.29, 0.717) is 6.54 Å². The summed E-state index contributed by atoms with van der Waals surface area (Å²) >= 11 is 5.97. The molecule has 0 amide bonds. The van der Waals surface area contributed by atoms with Crippen LogP contribution in [0, 0.1) is 6.92 Å². The molecular weight excluding hydrogens is 529 g/mol. The van der Waals surface area contributed by atoms with E-state index in [-0.39, 0.29) is 24.0 Å². The Labute approximate surface area is 206 Å². The Kier molecular flexibility index (Phi) is 11.6. The molecule has 1 aliphatic rings. The summed E-state index contributed by atoms with van der Waals surface area (Å²) in [6.07, 6.45) is 1.95. The molecule has 0 aliphatic carbocycles. The number of rotatable bonds is 9. The lowest BCUT2D eigenvalue weighted by Crippen LogP contribution is -2.41. The third-order valence-electron chi connectivity index (χ3n) is 5.23. The average Bonchev–Trinajstić information content (AvgIpc) is 3.08. The van der Waals surface area contributed by atoms with Crippen LogP contribution in [0.5, 0.6) is 0 Å². The first kappa shape index (κ1) is 25.8. The van der Waals surface area contributed by atoms with Gasteiger partial charge in [-0.1, -0.05) is 23.7 Å². The normalized spacial score (nSPS) is 14.9. The number of halogens is 2. The molecule has 0 radical (unpaired) electrons. The topological polar surface area (TPSA) is 79.6 Å². The lowest BCUT2D eigenvalue weighted by Gasteiger charge is -2.26. The van der Waals surface area contributed by atoms with Crippen molar-refractivity contribution >= 4 is 41.5 Å². The van der Waals surface area contributed by atoms with Gasteiger partial charge in [0.05, 0.1) is 13.2 Å². The second-order valence-electron chi connectivity index (χ2n) is 7.42. The highest BCUT2D eigenvalue weighted by Crippen LogP contribution is 2.09. The molecule has 8 nitrogen and oxygen atoms in total. The van der Waals surface area contributed by atoms with Crippen molar-refractivity contribution < 1.29 is 4.74 Å². The van der Waals surface area contributed by atoms with E-state index in [1.807, 2.05) is 30.7 Å². The standard InChI is InChI=1S/C21H32ClN7O.HI/c1-17-26-27-20(28(17)2)16-25-21(23-9-3-11-29-12-14-30-15-13-29)24-10-8-18-4-6-19(22)7-5-18;/h4-7H,3,8-16H2,1-2H3,(H2,23,24,25);1H. The summed E-state index contributed by atoms with van der Waals surface area (Å²) in [6.45, 7) is 8.85. The molecule has 0 spiro atoms. The number of guanidine groups is 1. The fraction of sp³-hybridized carbons (Fsp3) is 0.571. The predicted octanol–water partition coefficient (Wildman–Crippen LogP) is 2.40. The van der Waals surface area contributed by atoms with E-state index in [2.05, 4.69) is 37.9 Å². The zero-order valence-electron chi connectivity index (χ0n) is 18.3. The summed E-state index contributed by atoms with van der Waals surface area (Å²) in [6, 6.07) is 7.95. The van der Waals surface area contributed by atoms with Crippen LogP contribution in [0.4, 0.5) is 0 Å². The number of hydrogen-bond donors (Lipinski definition) is 2. The summed E-state index contributed by atoms with van der Waals surface area (Å²) in [5.74, 6) is 2.53. The second kappa shape index (κ2) is 13.9. The number of aromatic nitrogens is 3. The summed E-state index contributed by atoms with van der Waals surface area (Å²) < 4.78 is 7.38. The molecule has 0 atom stereocenters. The second-order valence-corrected chi connectivity index (χ2v) is 7.86. The molecule has 0 saturated carbocycles. The minimum Gasteiger partial charge on any atom is -0.379 e. The number of hydrogen-bond acceptors (Lipinski definition) is 5. The first-order valence-corrected chi connectivity index (χ1v) is 10.9. The number of aliphatic imine (C=N–C) groups is 1. The van der Waals surface area contributed by atoms with Crippen LogP contribution in [0.25, 0.3) is 0 Å². The van der Waals surface area contributed by atoms with Gasteiger partial charge in [-0.05, 0) is 44.0 Å². The first-order chi connectivity index (χ1) is 14.6. The molecule has 2 heterocycles. The quantitative estimate of drug-likeness (QED) is 0.212. The van der Waals surface area contributed by atoms with Crippen LogP contribution in [-0.2, 0) is 24.8 Å². The average molecular weight is 562 g/mol. The molecule has 2 aromatic rings. The molecule has 10 heteroatoms. The van der Waals surface area contributed by atoms with Gasteiger partial charge in [0, 0.05) is 38.2 Å². The van der Waals surface area contributed by atoms with E-state index >= 15 is 0 Å². The van der Waals surface area contributed by atoms with Crippen LogP contribution in [0.3, 0.4) is 0 Å². The van der Waals surface area contributed by atoms with Crippen LogP contribution in [0.1, 0.15) is 23.6 Å².